The van der Waals surface area contributed by atoms with Crippen LogP contribution in [0.2, 0.25) is 5.02 Å². The summed E-state index contributed by atoms with van der Waals surface area (Å²) < 4.78 is 0. The number of halogens is 1. The predicted octanol–water partition coefficient (Wildman–Crippen LogP) is 4.14. The van der Waals surface area contributed by atoms with Crippen molar-refractivity contribution in [2.24, 2.45) is 0 Å². The molecule has 5 heteroatoms. The molecule has 0 radical (unpaired) electrons. The van der Waals surface area contributed by atoms with Gasteiger partial charge in [-0.25, -0.2) is 4.98 Å². The van der Waals surface area contributed by atoms with Crippen molar-refractivity contribution in [1.82, 2.24) is 4.98 Å². The number of hydrogen-bond acceptors (Lipinski definition) is 4. The first-order chi connectivity index (χ1) is 8.15. The van der Waals surface area contributed by atoms with Crippen LogP contribution in [0.4, 0.5) is 0 Å². The number of aliphatic hydroxyl groups excluding tert-OH is 1. The molecule has 0 aliphatic heterocycles. The Kier molecular flexibility index (Phi) is 4.45. The summed E-state index contributed by atoms with van der Waals surface area (Å²) in [6, 6.07) is 7.77. The first-order valence-corrected chi connectivity index (χ1v) is 7.40. The van der Waals surface area contributed by atoms with Crippen molar-refractivity contribution in [3.8, 4) is 0 Å². The maximum absolute atomic E-state index is 9.38. The summed E-state index contributed by atoms with van der Waals surface area (Å²) in [4.78, 5) is 5.49. The summed E-state index contributed by atoms with van der Waals surface area (Å²) in [6.45, 7) is 1.73. The van der Waals surface area contributed by atoms with Gasteiger partial charge in [-0.2, -0.15) is 0 Å². The minimum Gasteiger partial charge on any atom is -0.387 e. The number of nitrogens with zero attached hydrogens (tertiary/aromatic N) is 1. The molecule has 0 saturated heterocycles. The number of hydrogen-bond donors (Lipinski definition) is 1. The zero-order valence-electron chi connectivity index (χ0n) is 9.26. The van der Waals surface area contributed by atoms with Gasteiger partial charge in [-0.1, -0.05) is 17.7 Å². The van der Waals surface area contributed by atoms with Crippen molar-refractivity contribution in [3.63, 3.8) is 0 Å². The molecular formula is C12H12ClNOS2. The summed E-state index contributed by atoms with van der Waals surface area (Å²) in [7, 11) is 0. The average Bonchev–Trinajstić information content (AvgIpc) is 2.75. The Labute approximate surface area is 114 Å². The van der Waals surface area contributed by atoms with Crippen LogP contribution in [0.3, 0.4) is 0 Å². The lowest BCUT2D eigenvalue weighted by Crippen LogP contribution is -1.91. The Balaban J connectivity index is 1.97. The first-order valence-electron chi connectivity index (χ1n) is 5.16. The fourth-order valence-corrected chi connectivity index (χ4v) is 3.39. The molecule has 0 fully saturated rings. The van der Waals surface area contributed by atoms with Crippen LogP contribution >= 0.6 is 34.7 Å². The molecule has 1 heterocycles. The molecule has 17 heavy (non-hydrogen) atoms. The molecule has 0 aliphatic carbocycles. The second-order valence-electron chi connectivity index (χ2n) is 3.59. The SMILES string of the molecule is CC(O)c1csc(CSc2cccc(Cl)c2)n1. The maximum Gasteiger partial charge on any atom is 0.103 e. The molecule has 0 spiro atoms. The Morgan fingerprint density at radius 2 is 2.35 bits per heavy atom. The molecule has 1 N–H and O–H groups in total. The van der Waals surface area contributed by atoms with Gasteiger partial charge in [0, 0.05) is 15.3 Å². The van der Waals surface area contributed by atoms with Crippen molar-refractivity contribution < 1.29 is 5.11 Å². The van der Waals surface area contributed by atoms with Crippen molar-refractivity contribution in [3.05, 3.63) is 45.4 Å². The van der Waals surface area contributed by atoms with Gasteiger partial charge in [0.05, 0.1) is 17.6 Å². The van der Waals surface area contributed by atoms with Crippen molar-refractivity contribution >= 4 is 34.7 Å². The summed E-state index contributed by atoms with van der Waals surface area (Å²) in [6.07, 6.45) is -0.490. The number of rotatable bonds is 4. The Morgan fingerprint density at radius 1 is 1.53 bits per heavy atom. The molecule has 0 aliphatic rings. The average molecular weight is 286 g/mol. The van der Waals surface area contributed by atoms with Gasteiger partial charge in [-0.15, -0.1) is 23.1 Å². The molecule has 90 valence electrons. The summed E-state index contributed by atoms with van der Waals surface area (Å²) in [5, 5.41) is 13.0. The highest BCUT2D eigenvalue weighted by atomic mass is 35.5. The topological polar surface area (TPSA) is 33.1 Å². The Hall–Kier alpha value is -0.550. The lowest BCUT2D eigenvalue weighted by molar-refractivity contribution is 0.195. The zero-order valence-corrected chi connectivity index (χ0v) is 11.6. The molecule has 0 amide bonds. The van der Waals surface area contributed by atoms with E-state index in [2.05, 4.69) is 4.98 Å². The molecule has 2 rings (SSSR count). The number of thioether (sulfide) groups is 1. The number of thiazole rings is 1. The van der Waals surface area contributed by atoms with E-state index in [0.717, 1.165) is 26.4 Å². The van der Waals surface area contributed by atoms with Crippen LogP contribution in [0.5, 0.6) is 0 Å². The zero-order chi connectivity index (χ0) is 12.3. The molecule has 1 atom stereocenters. The van der Waals surface area contributed by atoms with Crippen LogP contribution in [-0.4, -0.2) is 10.1 Å². The highest BCUT2D eigenvalue weighted by molar-refractivity contribution is 7.98. The molecule has 0 saturated carbocycles. The van der Waals surface area contributed by atoms with E-state index in [1.807, 2.05) is 29.6 Å². The maximum atomic E-state index is 9.38. The predicted molar refractivity (Wildman–Crippen MR) is 73.8 cm³/mol. The minimum absolute atomic E-state index is 0.490. The van der Waals surface area contributed by atoms with Crippen LogP contribution in [0.25, 0.3) is 0 Å². The lowest BCUT2D eigenvalue weighted by atomic mass is 10.3. The second-order valence-corrected chi connectivity index (χ2v) is 6.02. The van der Waals surface area contributed by atoms with Gasteiger partial charge in [0.25, 0.3) is 0 Å². The summed E-state index contributed by atoms with van der Waals surface area (Å²) in [5.74, 6) is 0.803. The van der Waals surface area contributed by atoms with Crippen LogP contribution in [0.15, 0.2) is 34.5 Å². The Morgan fingerprint density at radius 3 is 3.00 bits per heavy atom. The number of benzene rings is 1. The third-order valence-electron chi connectivity index (χ3n) is 2.16. The van der Waals surface area contributed by atoms with Gasteiger partial charge in [0.15, 0.2) is 0 Å². The molecule has 0 bridgehead atoms. The van der Waals surface area contributed by atoms with Crippen LogP contribution in [-0.2, 0) is 5.75 Å². The highest BCUT2D eigenvalue weighted by Gasteiger charge is 2.07. The Bertz CT molecular complexity index is 499. The van der Waals surface area contributed by atoms with E-state index in [1.54, 1.807) is 30.0 Å². The standard InChI is InChI=1S/C12H12ClNOS2/c1-8(15)11-6-17-12(14-11)7-16-10-4-2-3-9(13)5-10/h2-6,8,15H,7H2,1H3. The van der Waals surface area contributed by atoms with Gasteiger partial charge in [0.1, 0.15) is 5.01 Å². The van der Waals surface area contributed by atoms with E-state index in [0.29, 0.717) is 0 Å². The molecule has 2 nitrogen and oxygen atoms in total. The van der Waals surface area contributed by atoms with E-state index >= 15 is 0 Å². The number of aromatic nitrogens is 1. The van der Waals surface area contributed by atoms with Crippen LogP contribution in [0, 0.1) is 0 Å². The van der Waals surface area contributed by atoms with E-state index in [9.17, 15) is 5.11 Å². The van der Waals surface area contributed by atoms with Gasteiger partial charge < -0.3 is 5.11 Å². The van der Waals surface area contributed by atoms with Gasteiger partial charge in [0.2, 0.25) is 0 Å². The minimum atomic E-state index is -0.490. The first kappa shape index (κ1) is 12.9. The summed E-state index contributed by atoms with van der Waals surface area (Å²) >= 11 is 9.18. The third kappa shape index (κ3) is 3.71. The molecular weight excluding hydrogens is 274 g/mol. The van der Waals surface area contributed by atoms with Crippen molar-refractivity contribution in [2.75, 3.05) is 0 Å². The fourth-order valence-electron chi connectivity index (χ4n) is 1.29. The molecule has 1 aromatic heterocycles. The van der Waals surface area contributed by atoms with Crippen molar-refractivity contribution in [2.45, 2.75) is 23.7 Å². The monoisotopic (exact) mass is 285 g/mol. The molecule has 2 aromatic rings. The van der Waals surface area contributed by atoms with E-state index in [1.165, 1.54) is 0 Å². The van der Waals surface area contributed by atoms with Gasteiger partial charge in [-0.3, -0.25) is 0 Å². The van der Waals surface area contributed by atoms with E-state index < -0.39 is 6.10 Å². The molecule has 1 unspecified atom stereocenters. The van der Waals surface area contributed by atoms with Crippen LogP contribution in [0.1, 0.15) is 23.7 Å². The smallest absolute Gasteiger partial charge is 0.103 e. The molecule has 1 aromatic carbocycles. The van der Waals surface area contributed by atoms with Crippen LogP contribution < -0.4 is 0 Å². The number of aliphatic hydroxyl groups is 1. The van der Waals surface area contributed by atoms with Gasteiger partial charge in [-0.05, 0) is 25.1 Å². The largest absolute Gasteiger partial charge is 0.387 e. The van der Waals surface area contributed by atoms with E-state index in [4.69, 9.17) is 11.6 Å². The van der Waals surface area contributed by atoms with Gasteiger partial charge >= 0.3 is 0 Å². The highest BCUT2D eigenvalue weighted by Crippen LogP contribution is 2.27. The fraction of sp³-hybridized carbons (Fsp3) is 0.250. The lowest BCUT2D eigenvalue weighted by Gasteiger charge is -2.00. The summed E-state index contributed by atoms with van der Waals surface area (Å²) in [5.41, 5.74) is 0.747. The second kappa shape index (κ2) is 5.87. The van der Waals surface area contributed by atoms with Crippen molar-refractivity contribution in [1.29, 1.82) is 0 Å². The quantitative estimate of drug-likeness (QED) is 0.857. The van der Waals surface area contributed by atoms with E-state index in [-0.39, 0.29) is 0 Å². The normalized spacial score (nSPS) is 12.6. The third-order valence-corrected chi connectivity index (χ3v) is 4.45.